The first-order valence-corrected chi connectivity index (χ1v) is 6.65. The summed E-state index contributed by atoms with van der Waals surface area (Å²) in [5, 5.41) is 0. The Kier molecular flexibility index (Phi) is 4.50. The number of hydrogen-bond acceptors (Lipinski definition) is 2. The van der Waals surface area contributed by atoms with Gasteiger partial charge in [-0.15, -0.1) is 0 Å². The molecule has 0 unspecified atom stereocenters. The molecule has 0 aliphatic carbocycles. The molecule has 17 heavy (non-hydrogen) atoms. The molecule has 0 spiro atoms. The monoisotopic (exact) mass is 338 g/mol. The summed E-state index contributed by atoms with van der Waals surface area (Å²) in [6.07, 6.45) is 1.84. The van der Waals surface area contributed by atoms with E-state index in [4.69, 9.17) is 0 Å². The Morgan fingerprint density at radius 3 is 2.47 bits per heavy atom. The standard InChI is InChI=1S/C14H15IN2/c1-17(11-14-4-2-3-9-16-14)10-12-5-7-13(15)8-6-12/h2-9H,10-11H2,1H3. The van der Waals surface area contributed by atoms with Crippen LogP contribution < -0.4 is 0 Å². The van der Waals surface area contributed by atoms with Gasteiger partial charge < -0.3 is 0 Å². The van der Waals surface area contributed by atoms with Crippen molar-refractivity contribution in [1.82, 2.24) is 9.88 Å². The number of aromatic nitrogens is 1. The van der Waals surface area contributed by atoms with Crippen LogP contribution in [0.5, 0.6) is 0 Å². The lowest BCUT2D eigenvalue weighted by Crippen LogP contribution is -2.17. The van der Waals surface area contributed by atoms with Crippen LogP contribution >= 0.6 is 22.6 Å². The number of halogens is 1. The lowest BCUT2D eigenvalue weighted by molar-refractivity contribution is 0.315. The molecule has 0 saturated carbocycles. The first-order valence-electron chi connectivity index (χ1n) is 5.57. The van der Waals surface area contributed by atoms with E-state index in [2.05, 4.69) is 69.9 Å². The van der Waals surface area contributed by atoms with Gasteiger partial charge in [0, 0.05) is 22.9 Å². The molecule has 1 aromatic carbocycles. The Bertz CT molecular complexity index is 453. The SMILES string of the molecule is CN(Cc1ccc(I)cc1)Cc1ccccn1. The van der Waals surface area contributed by atoms with Crippen molar-refractivity contribution in [3.8, 4) is 0 Å². The van der Waals surface area contributed by atoms with Gasteiger partial charge in [-0.3, -0.25) is 9.88 Å². The molecule has 2 aromatic rings. The molecule has 1 heterocycles. The smallest absolute Gasteiger partial charge is 0.0543 e. The summed E-state index contributed by atoms with van der Waals surface area (Å²) in [5.41, 5.74) is 2.45. The van der Waals surface area contributed by atoms with Crippen molar-refractivity contribution in [2.24, 2.45) is 0 Å². The minimum absolute atomic E-state index is 0.882. The third-order valence-corrected chi connectivity index (χ3v) is 3.24. The molecule has 0 bridgehead atoms. The highest BCUT2D eigenvalue weighted by molar-refractivity contribution is 14.1. The summed E-state index contributed by atoms with van der Waals surface area (Å²) >= 11 is 2.33. The van der Waals surface area contributed by atoms with E-state index in [-0.39, 0.29) is 0 Å². The third kappa shape index (κ3) is 4.09. The van der Waals surface area contributed by atoms with E-state index in [1.165, 1.54) is 9.13 Å². The van der Waals surface area contributed by atoms with Gasteiger partial charge in [0.2, 0.25) is 0 Å². The van der Waals surface area contributed by atoms with Crippen LogP contribution in [0.2, 0.25) is 0 Å². The second kappa shape index (κ2) is 6.12. The first kappa shape index (κ1) is 12.5. The Hall–Kier alpha value is -0.940. The zero-order valence-electron chi connectivity index (χ0n) is 9.81. The van der Waals surface area contributed by atoms with Crippen LogP contribution in [0.15, 0.2) is 48.7 Å². The third-order valence-electron chi connectivity index (χ3n) is 2.52. The number of benzene rings is 1. The molecule has 0 N–H and O–H groups in total. The van der Waals surface area contributed by atoms with Crippen molar-refractivity contribution in [3.63, 3.8) is 0 Å². The maximum atomic E-state index is 4.33. The zero-order valence-corrected chi connectivity index (χ0v) is 12.0. The molecular weight excluding hydrogens is 323 g/mol. The van der Waals surface area contributed by atoms with Crippen LogP contribution in [0, 0.1) is 3.57 Å². The Morgan fingerprint density at radius 1 is 1.06 bits per heavy atom. The van der Waals surface area contributed by atoms with Crippen LogP contribution in [-0.2, 0) is 13.1 Å². The van der Waals surface area contributed by atoms with Crippen LogP contribution in [0.25, 0.3) is 0 Å². The fourth-order valence-corrected chi connectivity index (χ4v) is 2.09. The Balaban J connectivity index is 1.93. The normalized spacial score (nSPS) is 10.8. The van der Waals surface area contributed by atoms with E-state index in [9.17, 15) is 0 Å². The highest BCUT2D eigenvalue weighted by atomic mass is 127. The van der Waals surface area contributed by atoms with Crippen molar-refractivity contribution in [1.29, 1.82) is 0 Å². The second-order valence-corrected chi connectivity index (χ2v) is 5.37. The van der Waals surface area contributed by atoms with Gasteiger partial charge in [-0.05, 0) is 59.5 Å². The lowest BCUT2D eigenvalue weighted by Gasteiger charge is -2.16. The highest BCUT2D eigenvalue weighted by Gasteiger charge is 2.02. The molecule has 1 aromatic heterocycles. The summed E-state index contributed by atoms with van der Waals surface area (Å²) in [5.74, 6) is 0. The van der Waals surface area contributed by atoms with Crippen LogP contribution in [0.4, 0.5) is 0 Å². The Labute approximate surface area is 116 Å². The summed E-state index contributed by atoms with van der Waals surface area (Å²) in [7, 11) is 2.12. The van der Waals surface area contributed by atoms with Crippen molar-refractivity contribution >= 4 is 22.6 Å². The van der Waals surface area contributed by atoms with E-state index >= 15 is 0 Å². The average molecular weight is 338 g/mol. The molecule has 2 rings (SSSR count). The van der Waals surface area contributed by atoms with E-state index in [1.54, 1.807) is 0 Å². The van der Waals surface area contributed by atoms with Gasteiger partial charge in [0.15, 0.2) is 0 Å². The molecule has 3 heteroatoms. The van der Waals surface area contributed by atoms with Crippen LogP contribution in [-0.4, -0.2) is 16.9 Å². The highest BCUT2D eigenvalue weighted by Crippen LogP contribution is 2.09. The van der Waals surface area contributed by atoms with Crippen molar-refractivity contribution in [3.05, 3.63) is 63.5 Å². The molecule has 2 nitrogen and oxygen atoms in total. The maximum Gasteiger partial charge on any atom is 0.0543 e. The fourth-order valence-electron chi connectivity index (χ4n) is 1.73. The predicted molar refractivity (Wildman–Crippen MR) is 78.6 cm³/mol. The fraction of sp³-hybridized carbons (Fsp3) is 0.214. The molecule has 0 amide bonds. The molecule has 0 radical (unpaired) electrons. The summed E-state index contributed by atoms with van der Waals surface area (Å²) < 4.78 is 1.28. The molecule has 0 atom stereocenters. The maximum absolute atomic E-state index is 4.33. The minimum Gasteiger partial charge on any atom is -0.296 e. The topological polar surface area (TPSA) is 16.1 Å². The van der Waals surface area contributed by atoms with Crippen LogP contribution in [0.3, 0.4) is 0 Å². The molecular formula is C14H15IN2. The number of rotatable bonds is 4. The van der Waals surface area contributed by atoms with Gasteiger partial charge in [0.25, 0.3) is 0 Å². The zero-order chi connectivity index (χ0) is 12.1. The molecule has 88 valence electrons. The van der Waals surface area contributed by atoms with Gasteiger partial charge in [0.1, 0.15) is 0 Å². The average Bonchev–Trinajstić information content (AvgIpc) is 2.33. The molecule has 0 aliphatic heterocycles. The number of nitrogens with zero attached hydrogens (tertiary/aromatic N) is 2. The summed E-state index contributed by atoms with van der Waals surface area (Å²) in [4.78, 5) is 6.60. The molecule has 0 saturated heterocycles. The van der Waals surface area contributed by atoms with Crippen molar-refractivity contribution < 1.29 is 0 Å². The van der Waals surface area contributed by atoms with E-state index < -0.39 is 0 Å². The van der Waals surface area contributed by atoms with Crippen molar-refractivity contribution in [2.75, 3.05) is 7.05 Å². The number of hydrogen-bond donors (Lipinski definition) is 0. The van der Waals surface area contributed by atoms with Gasteiger partial charge in [-0.1, -0.05) is 18.2 Å². The van der Waals surface area contributed by atoms with Gasteiger partial charge >= 0.3 is 0 Å². The summed E-state index contributed by atoms with van der Waals surface area (Å²) in [6.45, 7) is 1.83. The van der Waals surface area contributed by atoms with Gasteiger partial charge in [0.05, 0.1) is 5.69 Å². The second-order valence-electron chi connectivity index (χ2n) is 4.12. The predicted octanol–water partition coefficient (Wildman–Crippen LogP) is 3.32. The van der Waals surface area contributed by atoms with Crippen molar-refractivity contribution in [2.45, 2.75) is 13.1 Å². The quantitative estimate of drug-likeness (QED) is 0.795. The van der Waals surface area contributed by atoms with E-state index in [1.807, 2.05) is 18.3 Å². The number of pyridine rings is 1. The van der Waals surface area contributed by atoms with E-state index in [0.717, 1.165) is 18.8 Å². The summed E-state index contributed by atoms with van der Waals surface area (Å²) in [6, 6.07) is 14.7. The van der Waals surface area contributed by atoms with Gasteiger partial charge in [-0.25, -0.2) is 0 Å². The minimum atomic E-state index is 0.882. The van der Waals surface area contributed by atoms with Gasteiger partial charge in [-0.2, -0.15) is 0 Å². The van der Waals surface area contributed by atoms with E-state index in [0.29, 0.717) is 0 Å². The molecule has 0 fully saturated rings. The van der Waals surface area contributed by atoms with Crippen LogP contribution in [0.1, 0.15) is 11.3 Å². The lowest BCUT2D eigenvalue weighted by atomic mass is 10.2. The first-order chi connectivity index (χ1) is 8.24. The molecule has 0 aliphatic rings. The largest absolute Gasteiger partial charge is 0.296 e. The Morgan fingerprint density at radius 2 is 1.82 bits per heavy atom.